The van der Waals surface area contributed by atoms with Gasteiger partial charge in [-0.3, -0.25) is 13.9 Å². The van der Waals surface area contributed by atoms with Crippen LogP contribution in [0.15, 0.2) is 48.7 Å². The number of fused-ring (bicyclic) bond motifs is 1. The van der Waals surface area contributed by atoms with Gasteiger partial charge >= 0.3 is 5.69 Å². The largest absolute Gasteiger partial charge is 0.332 e. The Morgan fingerprint density at radius 1 is 1.12 bits per heavy atom. The second-order valence-electron chi connectivity index (χ2n) is 5.55. The third-order valence-electron chi connectivity index (χ3n) is 3.88. The van der Waals surface area contributed by atoms with Gasteiger partial charge in [0.1, 0.15) is 0 Å². The second kappa shape index (κ2) is 6.42. The van der Waals surface area contributed by atoms with Crippen molar-refractivity contribution in [3.05, 3.63) is 55.5 Å². The first-order chi connectivity index (χ1) is 12.4. The van der Waals surface area contributed by atoms with Gasteiger partial charge in [0.2, 0.25) is 0 Å². The smallest absolute Gasteiger partial charge is 0.327 e. The van der Waals surface area contributed by atoms with E-state index in [1.54, 1.807) is 7.05 Å². The summed E-state index contributed by atoms with van der Waals surface area (Å²) in [6.07, 6.45) is 0. The Morgan fingerprint density at radius 3 is 2.58 bits per heavy atom. The fourth-order valence-corrected chi connectivity index (χ4v) is 4.34. The van der Waals surface area contributed by atoms with E-state index in [2.05, 4.69) is 15.0 Å². The van der Waals surface area contributed by atoms with Crippen LogP contribution in [0.1, 0.15) is 0 Å². The highest BCUT2D eigenvalue weighted by atomic mass is 35.5. The number of aromatic nitrogens is 5. The third-order valence-corrected chi connectivity index (χ3v) is 5.96. The Kier molecular flexibility index (Phi) is 4.22. The summed E-state index contributed by atoms with van der Waals surface area (Å²) < 4.78 is 3.17. The number of nitrogens with one attached hydrogen (secondary N) is 1. The first kappa shape index (κ1) is 17.1. The lowest BCUT2D eigenvalue weighted by Gasteiger charge is -2.00. The van der Waals surface area contributed by atoms with Crippen LogP contribution in [0.4, 0.5) is 0 Å². The fraction of sp³-hybridized carbons (Fsp3) is 0.125. The van der Waals surface area contributed by atoms with Crippen molar-refractivity contribution in [1.82, 2.24) is 24.1 Å². The summed E-state index contributed by atoms with van der Waals surface area (Å²) in [6, 6.07) is 7.45. The van der Waals surface area contributed by atoms with E-state index in [0.29, 0.717) is 21.3 Å². The third kappa shape index (κ3) is 2.87. The van der Waals surface area contributed by atoms with Crippen molar-refractivity contribution in [1.29, 1.82) is 0 Å². The van der Waals surface area contributed by atoms with Crippen LogP contribution < -0.4 is 11.2 Å². The zero-order chi connectivity index (χ0) is 18.4. The predicted molar refractivity (Wildman–Crippen MR) is 103 cm³/mol. The number of benzene rings is 1. The van der Waals surface area contributed by atoms with Crippen molar-refractivity contribution in [2.75, 3.05) is 0 Å². The molecule has 10 heteroatoms. The topological polar surface area (TPSA) is 85.6 Å². The molecule has 0 saturated carbocycles. The highest BCUT2D eigenvalue weighted by Gasteiger charge is 2.15. The fourth-order valence-electron chi connectivity index (χ4n) is 2.49. The van der Waals surface area contributed by atoms with E-state index in [0.717, 1.165) is 20.2 Å². The van der Waals surface area contributed by atoms with Crippen molar-refractivity contribution >= 4 is 45.9 Å². The lowest BCUT2D eigenvalue weighted by molar-refractivity contribution is 0.708. The van der Waals surface area contributed by atoms with E-state index in [1.807, 2.05) is 29.6 Å². The molecule has 0 aliphatic rings. The summed E-state index contributed by atoms with van der Waals surface area (Å²) in [5.74, 6) is 0. The first-order valence-electron chi connectivity index (χ1n) is 7.49. The SMILES string of the molecule is Cn1c(=O)c2[nH]c(Sc3nc(-c4ccc(Cl)cc4)cs3)nc2n(C)c1=O. The van der Waals surface area contributed by atoms with Crippen molar-refractivity contribution in [2.24, 2.45) is 14.1 Å². The first-order valence-corrected chi connectivity index (χ1v) is 9.56. The molecular weight excluding hydrogens is 394 g/mol. The predicted octanol–water partition coefficient (Wildman–Crippen LogP) is 2.89. The van der Waals surface area contributed by atoms with E-state index in [9.17, 15) is 9.59 Å². The van der Waals surface area contributed by atoms with Crippen LogP contribution in [-0.2, 0) is 14.1 Å². The Labute approximate surface area is 160 Å². The molecule has 132 valence electrons. The van der Waals surface area contributed by atoms with Crippen LogP contribution in [0, 0.1) is 0 Å². The average molecular weight is 406 g/mol. The molecule has 0 saturated heterocycles. The number of aryl methyl sites for hydroxylation is 1. The Hall–Kier alpha value is -2.36. The Morgan fingerprint density at radius 2 is 1.85 bits per heavy atom. The number of halogens is 1. The summed E-state index contributed by atoms with van der Waals surface area (Å²) >= 11 is 8.70. The van der Waals surface area contributed by atoms with Gasteiger partial charge in [0.05, 0.1) is 5.69 Å². The van der Waals surface area contributed by atoms with E-state index < -0.39 is 11.2 Å². The van der Waals surface area contributed by atoms with Crippen LogP contribution in [-0.4, -0.2) is 24.1 Å². The number of hydrogen-bond donors (Lipinski definition) is 1. The van der Waals surface area contributed by atoms with Gasteiger partial charge in [-0.05, 0) is 23.9 Å². The molecule has 0 aliphatic heterocycles. The normalized spacial score (nSPS) is 11.3. The maximum atomic E-state index is 12.2. The van der Waals surface area contributed by atoms with Gasteiger partial charge in [0.15, 0.2) is 20.7 Å². The van der Waals surface area contributed by atoms with Gasteiger partial charge in [0, 0.05) is 30.1 Å². The standard InChI is InChI=1S/C16H12ClN5O2S2/c1-21-12-11(13(23)22(2)16(21)24)19-14(20-12)26-15-18-10(7-25-15)8-3-5-9(17)6-4-8/h3-7H,1-2H3,(H,19,20). The number of imidazole rings is 1. The minimum atomic E-state index is -0.412. The molecule has 0 spiro atoms. The van der Waals surface area contributed by atoms with Gasteiger partial charge in [-0.2, -0.15) is 0 Å². The number of aromatic amines is 1. The second-order valence-corrected chi connectivity index (χ2v) is 8.08. The molecule has 4 rings (SSSR count). The molecule has 0 unspecified atom stereocenters. The van der Waals surface area contributed by atoms with E-state index >= 15 is 0 Å². The maximum absolute atomic E-state index is 12.2. The van der Waals surface area contributed by atoms with E-state index in [1.165, 1.54) is 34.7 Å². The Balaban J connectivity index is 1.69. The highest BCUT2D eigenvalue weighted by Crippen LogP contribution is 2.32. The van der Waals surface area contributed by atoms with Gasteiger partial charge < -0.3 is 4.98 Å². The van der Waals surface area contributed by atoms with Crippen molar-refractivity contribution in [3.63, 3.8) is 0 Å². The van der Waals surface area contributed by atoms with E-state index in [4.69, 9.17) is 11.6 Å². The molecular formula is C16H12ClN5O2S2. The molecule has 0 fully saturated rings. The zero-order valence-corrected chi connectivity index (χ0v) is 16.1. The molecule has 0 bridgehead atoms. The number of H-pyrrole nitrogens is 1. The van der Waals surface area contributed by atoms with Crippen LogP contribution in [0.25, 0.3) is 22.4 Å². The average Bonchev–Trinajstić information content (AvgIpc) is 3.26. The lowest BCUT2D eigenvalue weighted by atomic mass is 10.2. The van der Waals surface area contributed by atoms with Crippen molar-refractivity contribution in [3.8, 4) is 11.3 Å². The summed E-state index contributed by atoms with van der Waals surface area (Å²) in [7, 11) is 3.03. The van der Waals surface area contributed by atoms with Gasteiger partial charge in [-0.15, -0.1) is 11.3 Å². The van der Waals surface area contributed by atoms with E-state index in [-0.39, 0.29) is 0 Å². The number of hydrogen-bond acceptors (Lipinski definition) is 6. The lowest BCUT2D eigenvalue weighted by Crippen LogP contribution is -2.36. The van der Waals surface area contributed by atoms with Gasteiger partial charge in [-0.1, -0.05) is 23.7 Å². The molecule has 1 N–H and O–H groups in total. The maximum Gasteiger partial charge on any atom is 0.332 e. The molecule has 0 atom stereocenters. The van der Waals surface area contributed by atoms with Gasteiger partial charge in [0.25, 0.3) is 5.56 Å². The van der Waals surface area contributed by atoms with Gasteiger partial charge in [-0.25, -0.2) is 14.8 Å². The molecule has 1 aromatic carbocycles. The molecule has 7 nitrogen and oxygen atoms in total. The quantitative estimate of drug-likeness (QED) is 0.566. The van der Waals surface area contributed by atoms with Crippen LogP contribution in [0.3, 0.4) is 0 Å². The number of rotatable bonds is 3. The molecule has 0 aliphatic carbocycles. The molecule has 0 radical (unpaired) electrons. The van der Waals surface area contributed by atoms with Crippen LogP contribution in [0.2, 0.25) is 5.02 Å². The van der Waals surface area contributed by atoms with Crippen LogP contribution >= 0.6 is 34.7 Å². The molecule has 26 heavy (non-hydrogen) atoms. The molecule has 0 amide bonds. The monoisotopic (exact) mass is 405 g/mol. The summed E-state index contributed by atoms with van der Waals surface area (Å²) in [4.78, 5) is 36.2. The number of thiazole rings is 1. The minimum absolute atomic E-state index is 0.298. The molecule has 3 aromatic heterocycles. The zero-order valence-electron chi connectivity index (χ0n) is 13.7. The van der Waals surface area contributed by atoms with Crippen molar-refractivity contribution < 1.29 is 0 Å². The summed E-state index contributed by atoms with van der Waals surface area (Å²) in [5, 5.41) is 3.13. The van der Waals surface area contributed by atoms with Crippen LogP contribution in [0.5, 0.6) is 0 Å². The molecule has 4 aromatic rings. The van der Waals surface area contributed by atoms with Crippen molar-refractivity contribution in [2.45, 2.75) is 9.50 Å². The summed E-state index contributed by atoms with van der Waals surface area (Å²) in [5.41, 5.74) is 1.63. The number of nitrogens with zero attached hydrogens (tertiary/aromatic N) is 4. The molecule has 3 heterocycles. The minimum Gasteiger partial charge on any atom is -0.327 e. The Bertz CT molecular complexity index is 1240. The summed E-state index contributed by atoms with van der Waals surface area (Å²) in [6.45, 7) is 0. The highest BCUT2D eigenvalue weighted by molar-refractivity contribution is 8.00.